The fraction of sp³-hybridized carbons (Fsp3) is 0.333. The van der Waals surface area contributed by atoms with Gasteiger partial charge in [-0.15, -0.1) is 0 Å². The number of nitrogens with zero attached hydrogens (tertiary/aromatic N) is 7. The highest BCUT2D eigenvalue weighted by atomic mass is 35.5. The van der Waals surface area contributed by atoms with Gasteiger partial charge in [0, 0.05) is 22.3 Å². The van der Waals surface area contributed by atoms with Crippen molar-refractivity contribution in [2.45, 2.75) is 79.7 Å². The zero-order valence-corrected chi connectivity index (χ0v) is 40.0. The minimum atomic E-state index is -0.835. The number of ether oxygens (including phenoxy) is 6. The molecule has 6 aromatic rings. The molecule has 0 spiro atoms. The Morgan fingerprint density at radius 3 is 1.30 bits per heavy atom. The first kappa shape index (κ1) is 50.4. The molecule has 4 aromatic carbocycles. The van der Waals surface area contributed by atoms with Crippen LogP contribution in [-0.4, -0.2) is 90.7 Å². The molecule has 66 heavy (non-hydrogen) atoms. The summed E-state index contributed by atoms with van der Waals surface area (Å²) < 4.78 is 32.5. The third kappa shape index (κ3) is 14.2. The Kier molecular flexibility index (Phi) is 17.2. The average molecular weight is 943 g/mol. The number of aliphatic hydroxyl groups is 1. The Bertz CT molecular complexity index is 2580. The fourth-order valence-electron chi connectivity index (χ4n) is 5.83. The van der Waals surface area contributed by atoms with Gasteiger partial charge in [0.05, 0.1) is 50.6 Å². The van der Waals surface area contributed by atoms with E-state index in [-0.39, 0.29) is 31.0 Å². The Labute approximate surface area is 394 Å². The minimum absolute atomic E-state index is 0.0968. The molecule has 2 aromatic heterocycles. The van der Waals surface area contributed by atoms with Gasteiger partial charge in [-0.05, 0) is 139 Å². The molecule has 0 aliphatic carbocycles. The van der Waals surface area contributed by atoms with Gasteiger partial charge in [-0.3, -0.25) is 0 Å². The van der Waals surface area contributed by atoms with Crippen molar-refractivity contribution in [1.82, 2.24) is 34.8 Å². The molecule has 348 valence electrons. The molecular weight excluding hydrogens is 889 g/mol. The van der Waals surface area contributed by atoms with Crippen LogP contribution >= 0.6 is 23.2 Å². The molecule has 1 N–H and O–H groups in total. The first-order chi connectivity index (χ1) is 31.3. The van der Waals surface area contributed by atoms with Crippen LogP contribution in [0.3, 0.4) is 0 Å². The number of benzene rings is 4. The van der Waals surface area contributed by atoms with Crippen molar-refractivity contribution in [3.8, 4) is 69.1 Å². The number of hydrogen-bond donors (Lipinski definition) is 1. The van der Waals surface area contributed by atoms with E-state index in [0.717, 1.165) is 27.5 Å². The van der Waals surface area contributed by atoms with Crippen LogP contribution in [0.2, 0.25) is 10.0 Å². The lowest BCUT2D eigenvalue weighted by Crippen LogP contribution is -2.43. The first-order valence-corrected chi connectivity index (χ1v) is 21.6. The minimum Gasteiger partial charge on any atom is -0.494 e. The number of aliphatic hydroxyl groups excluding tert-OH is 1. The SMILES string of the molecule is CCOc1ccc(-c2nc(OC)nc(-c3cc(CN(C(=O)OC(C)(C)C)C(=O)OC(C)(C)C)ccc3Cl)n2)cc1.CCOc1ccc(-c2nc(OC)nc(-c3cc(CO)ccc3Cl)n2)cc1. The van der Waals surface area contributed by atoms with Gasteiger partial charge in [-0.1, -0.05) is 35.3 Å². The highest BCUT2D eigenvalue weighted by Crippen LogP contribution is 2.32. The van der Waals surface area contributed by atoms with Gasteiger partial charge < -0.3 is 33.5 Å². The topological polar surface area (TPSA) is 190 Å². The van der Waals surface area contributed by atoms with Crippen LogP contribution in [0.25, 0.3) is 45.6 Å². The Hall–Kier alpha value is -6.62. The van der Waals surface area contributed by atoms with E-state index in [1.165, 1.54) is 14.2 Å². The van der Waals surface area contributed by atoms with Crippen molar-refractivity contribution in [3.05, 3.63) is 106 Å². The summed E-state index contributed by atoms with van der Waals surface area (Å²) in [6.07, 6.45) is -1.67. The van der Waals surface area contributed by atoms with Gasteiger partial charge >= 0.3 is 24.2 Å². The summed E-state index contributed by atoms with van der Waals surface area (Å²) in [7, 11) is 2.95. The molecule has 2 amide bonds. The van der Waals surface area contributed by atoms with Gasteiger partial charge in [0.25, 0.3) is 0 Å². The number of carbonyl (C=O) groups excluding carboxylic acids is 2. The molecule has 0 saturated carbocycles. The Morgan fingerprint density at radius 1 is 0.561 bits per heavy atom. The predicted octanol–water partition coefficient (Wildman–Crippen LogP) is 10.7. The molecule has 0 aliphatic heterocycles. The summed E-state index contributed by atoms with van der Waals surface area (Å²) in [5.41, 5.74) is 2.22. The summed E-state index contributed by atoms with van der Waals surface area (Å²) >= 11 is 12.9. The maximum atomic E-state index is 13.0. The third-order valence-corrected chi connectivity index (χ3v) is 9.40. The van der Waals surface area contributed by atoms with Crippen molar-refractivity contribution in [2.75, 3.05) is 27.4 Å². The number of imide groups is 1. The number of rotatable bonds is 13. The van der Waals surface area contributed by atoms with Crippen molar-refractivity contribution < 1.29 is 43.1 Å². The second-order valence-electron chi connectivity index (χ2n) is 16.2. The number of amides is 2. The standard InChI is InChI=1S/C29H35ClN4O6.C19H18ClN3O3/c1-9-38-20-13-11-19(12-14-20)23-31-24(33-25(32-23)37-8)21-16-18(10-15-22(21)30)17-34(26(35)39-28(2,3)4)27(36)40-29(5,6)7;1-3-26-14-7-5-13(6-8-14)17-21-18(23-19(22-17)25-2)15-10-12(11-24)4-9-16(15)20/h10-16H,9,17H2,1-8H3;4-10,24H,3,11H2,1-2H3. The summed E-state index contributed by atoms with van der Waals surface area (Å²) in [6, 6.07) is 25.3. The van der Waals surface area contributed by atoms with Gasteiger partial charge in [0.2, 0.25) is 0 Å². The van der Waals surface area contributed by atoms with Crippen molar-refractivity contribution in [2.24, 2.45) is 0 Å². The molecular formula is C48H53Cl2N7O9. The van der Waals surface area contributed by atoms with Crippen molar-refractivity contribution >= 4 is 35.4 Å². The zero-order chi connectivity index (χ0) is 48.2. The monoisotopic (exact) mass is 941 g/mol. The third-order valence-electron chi connectivity index (χ3n) is 8.74. The Balaban J connectivity index is 0.000000270. The highest BCUT2D eigenvalue weighted by Gasteiger charge is 2.31. The zero-order valence-electron chi connectivity index (χ0n) is 38.5. The van der Waals surface area contributed by atoms with Crippen LogP contribution in [0.1, 0.15) is 66.5 Å². The lowest BCUT2D eigenvalue weighted by molar-refractivity contribution is -0.000266. The van der Waals surface area contributed by atoms with E-state index in [1.54, 1.807) is 77.9 Å². The molecule has 0 fully saturated rings. The lowest BCUT2D eigenvalue weighted by atomic mass is 10.1. The molecule has 2 heterocycles. The van der Waals surface area contributed by atoms with E-state index in [2.05, 4.69) is 29.9 Å². The lowest BCUT2D eigenvalue weighted by Gasteiger charge is -2.28. The second kappa shape index (κ2) is 22.5. The van der Waals surface area contributed by atoms with E-state index in [1.807, 2.05) is 62.4 Å². The molecule has 0 atom stereocenters. The molecule has 6 rings (SSSR count). The summed E-state index contributed by atoms with van der Waals surface area (Å²) in [6.45, 7) is 15.1. The molecule has 0 radical (unpaired) electrons. The summed E-state index contributed by atoms with van der Waals surface area (Å²) in [5.74, 6) is 2.96. The van der Waals surface area contributed by atoms with E-state index in [0.29, 0.717) is 63.0 Å². The first-order valence-electron chi connectivity index (χ1n) is 20.8. The molecule has 0 unspecified atom stereocenters. The quantitative estimate of drug-likeness (QED) is 0.115. The molecule has 16 nitrogen and oxygen atoms in total. The maximum Gasteiger partial charge on any atom is 0.420 e. The predicted molar refractivity (Wildman–Crippen MR) is 251 cm³/mol. The van der Waals surface area contributed by atoms with Gasteiger partial charge in [-0.25, -0.2) is 24.5 Å². The normalized spacial score (nSPS) is 11.2. The average Bonchev–Trinajstić information content (AvgIpc) is 3.28. The van der Waals surface area contributed by atoms with Crippen LogP contribution in [0.4, 0.5) is 9.59 Å². The number of halogens is 2. The second-order valence-corrected chi connectivity index (χ2v) is 17.0. The van der Waals surface area contributed by atoms with Gasteiger partial charge in [0.15, 0.2) is 23.3 Å². The van der Waals surface area contributed by atoms with E-state index < -0.39 is 23.4 Å². The van der Waals surface area contributed by atoms with Gasteiger partial charge in [0.1, 0.15) is 22.7 Å². The number of aromatic nitrogens is 6. The maximum absolute atomic E-state index is 13.0. The number of carbonyl (C=O) groups is 2. The molecule has 0 aliphatic rings. The smallest absolute Gasteiger partial charge is 0.420 e. The fourth-order valence-corrected chi connectivity index (χ4v) is 6.24. The number of methoxy groups -OCH3 is 2. The van der Waals surface area contributed by atoms with Crippen LogP contribution in [0.15, 0.2) is 84.9 Å². The van der Waals surface area contributed by atoms with Gasteiger partial charge in [-0.2, -0.15) is 19.9 Å². The number of hydrogen-bond acceptors (Lipinski definition) is 15. The van der Waals surface area contributed by atoms with Crippen LogP contribution in [0, 0.1) is 0 Å². The molecule has 18 heteroatoms. The summed E-state index contributed by atoms with van der Waals surface area (Å²) in [5, 5.41) is 10.2. The highest BCUT2D eigenvalue weighted by molar-refractivity contribution is 6.33. The summed E-state index contributed by atoms with van der Waals surface area (Å²) in [4.78, 5) is 53.4. The van der Waals surface area contributed by atoms with E-state index in [4.69, 9.17) is 51.6 Å². The van der Waals surface area contributed by atoms with Crippen LogP contribution in [0.5, 0.6) is 23.5 Å². The molecule has 0 bridgehead atoms. The van der Waals surface area contributed by atoms with E-state index >= 15 is 0 Å². The molecule has 0 saturated heterocycles. The van der Waals surface area contributed by atoms with E-state index in [9.17, 15) is 14.7 Å². The largest absolute Gasteiger partial charge is 0.494 e. The van der Waals surface area contributed by atoms with Crippen LogP contribution in [-0.2, 0) is 22.6 Å². The van der Waals surface area contributed by atoms with Crippen LogP contribution < -0.4 is 18.9 Å². The Morgan fingerprint density at radius 2 is 0.939 bits per heavy atom. The van der Waals surface area contributed by atoms with Crippen molar-refractivity contribution in [1.29, 1.82) is 0 Å². The van der Waals surface area contributed by atoms with Crippen molar-refractivity contribution in [3.63, 3.8) is 0 Å².